The molecule has 0 unspecified atom stereocenters. The summed E-state index contributed by atoms with van der Waals surface area (Å²) < 4.78 is 19.3. The van der Waals surface area contributed by atoms with E-state index >= 15 is 0 Å². The van der Waals surface area contributed by atoms with E-state index in [0.717, 1.165) is 28.1 Å². The first kappa shape index (κ1) is 30.1. The number of hydrogen-bond donors (Lipinski definition) is 0. The van der Waals surface area contributed by atoms with Crippen molar-refractivity contribution in [3.05, 3.63) is 89.6 Å². The zero-order valence-corrected chi connectivity index (χ0v) is 24.6. The Morgan fingerprint density at radius 2 is 1.54 bits per heavy atom. The van der Waals surface area contributed by atoms with Crippen molar-refractivity contribution in [3.63, 3.8) is 0 Å². The van der Waals surface area contributed by atoms with Gasteiger partial charge in [-0.15, -0.1) is 28.3 Å². The van der Waals surface area contributed by atoms with Crippen LogP contribution in [0.15, 0.2) is 72.9 Å². The van der Waals surface area contributed by atoms with E-state index < -0.39 is 5.60 Å². The Morgan fingerprint density at radius 1 is 0.923 bits per heavy atom. The molecular formula is C31H34Cl2N2O4. The molecule has 0 aliphatic rings. The molecule has 3 aromatic carbocycles. The second kappa shape index (κ2) is 13.5. The lowest BCUT2D eigenvalue weighted by Gasteiger charge is -2.19. The van der Waals surface area contributed by atoms with Crippen LogP contribution in [0.3, 0.4) is 0 Å². The van der Waals surface area contributed by atoms with Crippen molar-refractivity contribution in [3.8, 4) is 34.2 Å². The number of carbonyl (C=O) groups is 1. The molecular weight excluding hydrogens is 535 g/mol. The van der Waals surface area contributed by atoms with Crippen molar-refractivity contribution >= 4 is 29.2 Å². The number of benzene rings is 3. The minimum absolute atomic E-state index is 0.194. The molecule has 6 nitrogen and oxygen atoms in total. The molecule has 0 amide bonds. The second-order valence-electron chi connectivity index (χ2n) is 9.79. The quantitative estimate of drug-likeness (QED) is 0.165. The summed E-state index contributed by atoms with van der Waals surface area (Å²) in [4.78, 5) is 12.4. The largest absolute Gasteiger partial charge is 0.492 e. The molecule has 0 spiro atoms. The van der Waals surface area contributed by atoms with Gasteiger partial charge in [0.15, 0.2) is 0 Å². The lowest BCUT2D eigenvalue weighted by molar-refractivity contribution is 0.00695. The number of aromatic nitrogens is 2. The van der Waals surface area contributed by atoms with Gasteiger partial charge in [0.1, 0.15) is 22.8 Å². The topological polar surface area (TPSA) is 62.6 Å². The number of carbonyl (C=O) groups excluding carboxylic acids is 1. The number of rotatable bonds is 7. The van der Waals surface area contributed by atoms with E-state index in [-0.39, 0.29) is 11.3 Å². The lowest BCUT2D eigenvalue weighted by atomic mass is 10.1. The predicted octanol–water partition coefficient (Wildman–Crippen LogP) is 8.72. The molecule has 0 N–H and O–H groups in total. The summed E-state index contributed by atoms with van der Waals surface area (Å²) in [6.07, 6.45) is 1.95. The van der Waals surface area contributed by atoms with Crippen LogP contribution in [0.4, 0.5) is 0 Å². The standard InChI is InChI=1S/C30H32N2O4.CH2Cl2/c1-7-34-27-17-10-21(3)18-26(27)32-19-25(22-11-8-20(2)9-12-22)28(31-32)35-24-15-13-23(14-16-24)29(33)36-30(4,5)6;2-1-3/h8-19H,7H2,1-6H3;1H2. The lowest BCUT2D eigenvalue weighted by Crippen LogP contribution is -2.23. The van der Waals surface area contributed by atoms with E-state index in [1.807, 2.05) is 59.0 Å². The number of hydrogen-bond acceptors (Lipinski definition) is 5. The minimum atomic E-state index is -0.557. The van der Waals surface area contributed by atoms with Gasteiger partial charge in [-0.05, 0) is 89.1 Å². The van der Waals surface area contributed by atoms with Gasteiger partial charge in [-0.25, -0.2) is 9.48 Å². The van der Waals surface area contributed by atoms with E-state index in [4.69, 9.17) is 42.5 Å². The summed E-state index contributed by atoms with van der Waals surface area (Å²) in [6, 6.07) is 21.1. The fourth-order valence-corrected chi connectivity index (χ4v) is 3.68. The van der Waals surface area contributed by atoms with Gasteiger partial charge in [-0.3, -0.25) is 0 Å². The highest BCUT2D eigenvalue weighted by molar-refractivity contribution is 6.40. The molecule has 4 aromatic rings. The van der Waals surface area contributed by atoms with Crippen molar-refractivity contribution in [1.82, 2.24) is 9.78 Å². The minimum Gasteiger partial charge on any atom is -0.492 e. The summed E-state index contributed by atoms with van der Waals surface area (Å²) in [7, 11) is 0. The van der Waals surface area contributed by atoms with Crippen molar-refractivity contribution in [2.45, 2.75) is 47.1 Å². The highest BCUT2D eigenvalue weighted by Crippen LogP contribution is 2.35. The fourth-order valence-electron chi connectivity index (χ4n) is 3.68. The molecule has 4 rings (SSSR count). The molecule has 39 heavy (non-hydrogen) atoms. The second-order valence-corrected chi connectivity index (χ2v) is 10.6. The van der Waals surface area contributed by atoms with Gasteiger partial charge >= 0.3 is 5.97 Å². The Kier molecular flexibility index (Phi) is 10.4. The first-order chi connectivity index (χ1) is 18.5. The number of nitrogens with zero attached hydrogens (tertiary/aromatic N) is 2. The van der Waals surface area contributed by atoms with Crippen molar-refractivity contribution in [2.75, 3.05) is 11.9 Å². The van der Waals surface area contributed by atoms with Crippen LogP contribution < -0.4 is 9.47 Å². The van der Waals surface area contributed by atoms with Crippen LogP contribution >= 0.6 is 23.2 Å². The Morgan fingerprint density at radius 3 is 2.13 bits per heavy atom. The molecule has 1 heterocycles. The third-order valence-electron chi connectivity index (χ3n) is 5.41. The SMILES string of the molecule is CCOc1ccc(C)cc1-n1cc(-c2ccc(C)cc2)c(Oc2ccc(C(=O)OC(C)(C)C)cc2)n1.ClCCl. The monoisotopic (exact) mass is 568 g/mol. The molecule has 206 valence electrons. The molecule has 1 aromatic heterocycles. The maximum Gasteiger partial charge on any atom is 0.338 e. The summed E-state index contributed by atoms with van der Waals surface area (Å²) >= 11 is 9.53. The van der Waals surface area contributed by atoms with Gasteiger partial charge in [0, 0.05) is 6.20 Å². The molecule has 0 aliphatic carbocycles. The van der Waals surface area contributed by atoms with Crippen LogP contribution in [0.5, 0.6) is 17.4 Å². The number of esters is 1. The highest BCUT2D eigenvalue weighted by Gasteiger charge is 2.19. The third kappa shape index (κ3) is 8.50. The number of alkyl halides is 2. The first-order valence-corrected chi connectivity index (χ1v) is 13.6. The van der Waals surface area contributed by atoms with E-state index in [2.05, 4.69) is 31.2 Å². The summed E-state index contributed by atoms with van der Waals surface area (Å²) in [5.41, 5.74) is 4.83. The molecule has 0 bridgehead atoms. The summed E-state index contributed by atoms with van der Waals surface area (Å²) in [5, 5.41) is 4.98. The van der Waals surface area contributed by atoms with Crippen molar-refractivity contribution in [1.29, 1.82) is 0 Å². The molecule has 0 radical (unpaired) electrons. The highest BCUT2D eigenvalue weighted by atomic mass is 35.5. The number of aryl methyl sites for hydroxylation is 2. The van der Waals surface area contributed by atoms with Gasteiger partial charge in [0.2, 0.25) is 5.88 Å². The van der Waals surface area contributed by atoms with Crippen LogP contribution in [-0.4, -0.2) is 33.3 Å². The van der Waals surface area contributed by atoms with Crippen LogP contribution in [0.2, 0.25) is 0 Å². The van der Waals surface area contributed by atoms with E-state index in [9.17, 15) is 4.79 Å². The van der Waals surface area contributed by atoms with E-state index in [1.54, 1.807) is 28.9 Å². The van der Waals surface area contributed by atoms with Crippen LogP contribution in [0.25, 0.3) is 16.8 Å². The van der Waals surface area contributed by atoms with Crippen molar-refractivity contribution < 1.29 is 19.0 Å². The van der Waals surface area contributed by atoms with Gasteiger partial charge in [-0.1, -0.05) is 35.9 Å². The zero-order valence-electron chi connectivity index (χ0n) is 23.1. The first-order valence-electron chi connectivity index (χ1n) is 12.6. The van der Waals surface area contributed by atoms with Gasteiger partial charge in [-0.2, -0.15) is 0 Å². The van der Waals surface area contributed by atoms with Crippen LogP contribution in [-0.2, 0) is 4.74 Å². The van der Waals surface area contributed by atoms with Crippen LogP contribution in [0, 0.1) is 13.8 Å². The van der Waals surface area contributed by atoms with Gasteiger partial charge < -0.3 is 14.2 Å². The smallest absolute Gasteiger partial charge is 0.338 e. The zero-order chi connectivity index (χ0) is 28.6. The Bertz CT molecular complexity index is 1380. The maximum absolute atomic E-state index is 12.4. The Labute approximate surface area is 240 Å². The van der Waals surface area contributed by atoms with Gasteiger partial charge in [0.05, 0.1) is 23.1 Å². The maximum atomic E-state index is 12.4. The van der Waals surface area contributed by atoms with E-state index in [1.165, 1.54) is 5.56 Å². The predicted molar refractivity (Wildman–Crippen MR) is 158 cm³/mol. The third-order valence-corrected chi connectivity index (χ3v) is 5.41. The summed E-state index contributed by atoms with van der Waals surface area (Å²) in [6.45, 7) is 12.1. The number of halogens is 2. The molecule has 0 aliphatic heterocycles. The van der Waals surface area contributed by atoms with Crippen molar-refractivity contribution in [2.24, 2.45) is 0 Å². The molecule has 0 saturated carbocycles. The molecule has 0 fully saturated rings. The van der Waals surface area contributed by atoms with Crippen LogP contribution in [0.1, 0.15) is 49.2 Å². The Hall–Kier alpha value is -3.48. The molecule has 0 atom stereocenters. The van der Waals surface area contributed by atoms with Gasteiger partial charge in [0.25, 0.3) is 0 Å². The fraction of sp³-hybridized carbons (Fsp3) is 0.290. The Balaban J connectivity index is 0.00000134. The molecule has 8 heteroatoms. The molecule has 0 saturated heterocycles. The summed E-state index contributed by atoms with van der Waals surface area (Å²) in [5.74, 6) is 1.39. The number of ether oxygens (including phenoxy) is 3. The van der Waals surface area contributed by atoms with E-state index in [0.29, 0.717) is 23.8 Å². The average Bonchev–Trinajstić information content (AvgIpc) is 3.29. The average molecular weight is 570 g/mol. The normalized spacial score (nSPS) is 10.9.